The first-order valence-corrected chi connectivity index (χ1v) is 8.56. The van der Waals surface area contributed by atoms with Crippen LogP contribution in [-0.2, 0) is 0 Å². The second-order valence-corrected chi connectivity index (χ2v) is 6.68. The van der Waals surface area contributed by atoms with Crippen molar-refractivity contribution in [2.45, 2.75) is 13.3 Å². The smallest absolute Gasteiger partial charge is 0.174 e. The highest BCUT2D eigenvalue weighted by atomic mass is 79.9. The van der Waals surface area contributed by atoms with E-state index in [-0.39, 0.29) is 0 Å². The van der Waals surface area contributed by atoms with E-state index in [0.29, 0.717) is 40.7 Å². The fourth-order valence-electron chi connectivity index (χ4n) is 2.38. The van der Waals surface area contributed by atoms with E-state index in [9.17, 15) is 0 Å². The van der Waals surface area contributed by atoms with E-state index in [1.807, 2.05) is 18.2 Å². The predicted octanol–water partition coefficient (Wildman–Crippen LogP) is 5.19. The summed E-state index contributed by atoms with van der Waals surface area (Å²) in [5.74, 6) is 0.693. The van der Waals surface area contributed by atoms with E-state index in [1.54, 1.807) is 31.5 Å². The Morgan fingerprint density at radius 2 is 1.92 bits per heavy atom. The fourth-order valence-corrected chi connectivity index (χ4v) is 2.74. The van der Waals surface area contributed by atoms with Gasteiger partial charge in [-0.05, 0) is 31.2 Å². The Labute approximate surface area is 158 Å². The second-order valence-electron chi connectivity index (χ2n) is 5.76. The number of benzene rings is 1. The molecule has 0 aliphatic heterocycles. The average molecular weight is 410 g/mol. The monoisotopic (exact) mass is 409 g/mol. The van der Waals surface area contributed by atoms with E-state index < -0.39 is 0 Å². The number of azo groups is 1. The molecule has 0 bridgehead atoms. The van der Waals surface area contributed by atoms with E-state index in [1.165, 1.54) is 0 Å². The number of nitrogens with zero attached hydrogens (tertiary/aromatic N) is 4. The van der Waals surface area contributed by atoms with Crippen LogP contribution in [0.2, 0.25) is 0 Å². The first-order chi connectivity index (χ1) is 12.4. The van der Waals surface area contributed by atoms with Crippen molar-refractivity contribution < 1.29 is 0 Å². The number of halogens is 1. The van der Waals surface area contributed by atoms with Gasteiger partial charge in [0.25, 0.3) is 0 Å². The molecule has 0 radical (unpaired) electrons. The van der Waals surface area contributed by atoms with Gasteiger partial charge in [-0.2, -0.15) is 0 Å². The third-order valence-electron chi connectivity index (χ3n) is 3.65. The number of pyridine rings is 2. The molecule has 3 aromatic rings. The first-order valence-electron chi connectivity index (χ1n) is 7.77. The Morgan fingerprint density at radius 1 is 1.12 bits per heavy atom. The van der Waals surface area contributed by atoms with E-state index >= 15 is 0 Å². The number of hydrogen-bond donors (Lipinski definition) is 3. The minimum Gasteiger partial charge on any atom is -0.382 e. The zero-order valence-corrected chi connectivity index (χ0v) is 15.6. The normalized spacial score (nSPS) is 11.2. The number of anilines is 1. The molecule has 1 aromatic carbocycles. The molecule has 0 fully saturated rings. The zero-order valence-electron chi connectivity index (χ0n) is 14.0. The Morgan fingerprint density at radius 3 is 2.62 bits per heavy atom. The molecule has 0 saturated carbocycles. The van der Waals surface area contributed by atoms with Crippen molar-refractivity contribution >= 4 is 55.4 Å². The van der Waals surface area contributed by atoms with Crippen LogP contribution >= 0.6 is 15.9 Å². The van der Waals surface area contributed by atoms with E-state index in [4.69, 9.17) is 16.6 Å². The van der Waals surface area contributed by atoms with Gasteiger partial charge in [0, 0.05) is 51.0 Å². The van der Waals surface area contributed by atoms with Gasteiger partial charge in [0.15, 0.2) is 11.6 Å². The third kappa shape index (κ3) is 3.97. The maximum atomic E-state index is 7.94. The first kappa shape index (κ1) is 17.8. The highest BCUT2D eigenvalue weighted by molar-refractivity contribution is 9.10. The highest BCUT2D eigenvalue weighted by Gasteiger charge is 2.08. The van der Waals surface area contributed by atoms with Gasteiger partial charge >= 0.3 is 0 Å². The van der Waals surface area contributed by atoms with Gasteiger partial charge in [0.05, 0.1) is 0 Å². The molecule has 8 heteroatoms. The standard InChI is InChI=1S/C18H16BrN7/c1-10(20)6-15(21)12-3-5-16(23-9-12)25-26-17-14-7-13(19)4-2-11(14)8-24-18(17)22/h2-5,7-9,20-21H,6H2,1H3,(H2,22,24). The van der Waals surface area contributed by atoms with Crippen LogP contribution in [0, 0.1) is 10.8 Å². The number of hydrogen-bond acceptors (Lipinski definition) is 7. The van der Waals surface area contributed by atoms with Crippen molar-refractivity contribution in [1.29, 1.82) is 10.8 Å². The Hall–Kier alpha value is -3.00. The van der Waals surface area contributed by atoms with Gasteiger partial charge < -0.3 is 16.6 Å². The average Bonchev–Trinajstić information content (AvgIpc) is 2.60. The molecule has 0 saturated heterocycles. The second kappa shape index (κ2) is 7.49. The van der Waals surface area contributed by atoms with Crippen LogP contribution in [0.3, 0.4) is 0 Å². The Kier molecular flexibility index (Phi) is 5.13. The number of aromatic nitrogens is 2. The summed E-state index contributed by atoms with van der Waals surface area (Å²) in [4.78, 5) is 8.36. The van der Waals surface area contributed by atoms with Crippen LogP contribution in [0.1, 0.15) is 18.9 Å². The zero-order chi connectivity index (χ0) is 18.7. The molecule has 3 rings (SSSR count). The van der Waals surface area contributed by atoms with Crippen molar-refractivity contribution in [1.82, 2.24) is 9.97 Å². The summed E-state index contributed by atoms with van der Waals surface area (Å²) in [5.41, 5.74) is 7.89. The topological polar surface area (TPSA) is 124 Å². The van der Waals surface area contributed by atoms with E-state index in [0.717, 1.165) is 15.2 Å². The quantitative estimate of drug-likeness (QED) is 0.396. The maximum Gasteiger partial charge on any atom is 0.174 e. The van der Waals surface area contributed by atoms with Crippen molar-refractivity contribution in [3.63, 3.8) is 0 Å². The number of fused-ring (bicyclic) bond motifs is 1. The van der Waals surface area contributed by atoms with Gasteiger partial charge in [-0.1, -0.05) is 22.0 Å². The minimum atomic E-state index is 0.291. The lowest BCUT2D eigenvalue weighted by atomic mass is 10.1. The summed E-state index contributed by atoms with van der Waals surface area (Å²) >= 11 is 3.44. The van der Waals surface area contributed by atoms with Crippen LogP contribution in [0.25, 0.3) is 10.8 Å². The number of nitrogens with one attached hydrogen (secondary N) is 2. The molecule has 0 aliphatic carbocycles. The number of nitrogen functional groups attached to an aromatic ring is 1. The summed E-state index contributed by atoms with van der Waals surface area (Å²) in [6.45, 7) is 1.67. The molecule has 4 N–H and O–H groups in total. The molecule has 0 aliphatic rings. The molecule has 26 heavy (non-hydrogen) atoms. The van der Waals surface area contributed by atoms with Gasteiger partial charge in [0.1, 0.15) is 5.69 Å². The number of rotatable bonds is 5. The molecular formula is C18H16BrN7. The molecular weight excluding hydrogens is 394 g/mol. The molecule has 7 nitrogen and oxygen atoms in total. The van der Waals surface area contributed by atoms with Crippen molar-refractivity contribution in [3.8, 4) is 0 Å². The molecule has 0 spiro atoms. The summed E-state index contributed by atoms with van der Waals surface area (Å²) in [6, 6.07) is 9.19. The molecule has 0 amide bonds. The fraction of sp³-hybridized carbons (Fsp3) is 0.111. The van der Waals surface area contributed by atoms with Crippen LogP contribution in [-0.4, -0.2) is 21.4 Å². The Bertz CT molecular complexity index is 1020. The lowest BCUT2D eigenvalue weighted by Gasteiger charge is -2.05. The molecule has 130 valence electrons. The summed E-state index contributed by atoms with van der Waals surface area (Å²) in [6.07, 6.45) is 3.55. The SMILES string of the molecule is CC(=N)CC(=N)c1ccc(N=Nc2c(N)ncc3ccc(Br)cc23)nc1. The molecule has 2 aromatic heterocycles. The van der Waals surface area contributed by atoms with Crippen LogP contribution in [0.15, 0.2) is 57.4 Å². The van der Waals surface area contributed by atoms with E-state index in [2.05, 4.69) is 36.1 Å². The minimum absolute atomic E-state index is 0.291. The van der Waals surface area contributed by atoms with Crippen molar-refractivity contribution in [2.24, 2.45) is 10.2 Å². The van der Waals surface area contributed by atoms with Gasteiger partial charge in [0.2, 0.25) is 0 Å². The molecule has 2 heterocycles. The van der Waals surface area contributed by atoms with Crippen LogP contribution < -0.4 is 5.73 Å². The molecule has 0 unspecified atom stereocenters. The van der Waals surface area contributed by atoms with Crippen molar-refractivity contribution in [3.05, 3.63) is 52.8 Å². The van der Waals surface area contributed by atoms with Crippen LogP contribution in [0.5, 0.6) is 0 Å². The lowest BCUT2D eigenvalue weighted by Crippen LogP contribution is -2.04. The predicted molar refractivity (Wildman–Crippen MR) is 107 cm³/mol. The summed E-state index contributed by atoms with van der Waals surface area (Å²) < 4.78 is 0.912. The van der Waals surface area contributed by atoms with Crippen LogP contribution in [0.4, 0.5) is 17.3 Å². The highest BCUT2D eigenvalue weighted by Crippen LogP contribution is 2.33. The van der Waals surface area contributed by atoms with Gasteiger partial charge in [-0.25, -0.2) is 9.97 Å². The van der Waals surface area contributed by atoms with Crippen molar-refractivity contribution in [2.75, 3.05) is 5.73 Å². The largest absolute Gasteiger partial charge is 0.382 e. The number of nitrogens with two attached hydrogens (primary N) is 1. The summed E-state index contributed by atoms with van der Waals surface area (Å²) in [7, 11) is 0. The maximum absolute atomic E-state index is 7.94. The summed E-state index contributed by atoms with van der Waals surface area (Å²) in [5, 5.41) is 25.5. The Balaban J connectivity index is 1.90. The van der Waals surface area contributed by atoms with Gasteiger partial charge in [-0.15, -0.1) is 10.2 Å². The molecule has 0 atom stereocenters. The van der Waals surface area contributed by atoms with Gasteiger partial charge in [-0.3, -0.25) is 0 Å². The lowest BCUT2D eigenvalue weighted by molar-refractivity contribution is 1.15. The third-order valence-corrected chi connectivity index (χ3v) is 4.14.